The van der Waals surface area contributed by atoms with Gasteiger partial charge in [-0.15, -0.1) is 0 Å². The maximum Gasteiger partial charge on any atom is 0.161 e. The number of nitrogens with zero attached hydrogens (tertiary/aromatic N) is 3. The van der Waals surface area contributed by atoms with Gasteiger partial charge in [0.1, 0.15) is 0 Å². The highest BCUT2D eigenvalue weighted by Crippen LogP contribution is 2.31. The van der Waals surface area contributed by atoms with Gasteiger partial charge in [0.2, 0.25) is 0 Å². The van der Waals surface area contributed by atoms with Crippen LogP contribution in [0.4, 0.5) is 0 Å². The smallest absolute Gasteiger partial charge is 0.161 e. The molecule has 0 radical (unpaired) electrons. The molecule has 1 aliphatic rings. The van der Waals surface area contributed by atoms with Gasteiger partial charge >= 0.3 is 0 Å². The monoisotopic (exact) mass is 363 g/mol. The van der Waals surface area contributed by atoms with Crippen LogP contribution in [0.5, 0.6) is 11.5 Å². The molecule has 3 aromatic rings. The first-order chi connectivity index (χ1) is 13.3. The third-order valence-corrected chi connectivity index (χ3v) is 5.37. The third-order valence-electron chi connectivity index (χ3n) is 5.37. The van der Waals surface area contributed by atoms with Gasteiger partial charge in [0, 0.05) is 35.9 Å². The van der Waals surface area contributed by atoms with E-state index in [2.05, 4.69) is 34.1 Å². The molecule has 1 aliphatic heterocycles. The Balaban J connectivity index is 1.39. The second-order valence-electron chi connectivity index (χ2n) is 7.05. The first-order valence-electron chi connectivity index (χ1n) is 9.41. The third kappa shape index (κ3) is 3.88. The van der Waals surface area contributed by atoms with Crippen LogP contribution in [0.3, 0.4) is 0 Å². The molecule has 0 saturated carbocycles. The second kappa shape index (κ2) is 7.92. The molecule has 5 nitrogen and oxygen atoms in total. The molecule has 0 spiro atoms. The summed E-state index contributed by atoms with van der Waals surface area (Å²) < 4.78 is 10.7. The van der Waals surface area contributed by atoms with E-state index in [-0.39, 0.29) is 0 Å². The lowest BCUT2D eigenvalue weighted by Gasteiger charge is -2.31. The van der Waals surface area contributed by atoms with Crippen LogP contribution in [0.25, 0.3) is 10.9 Å². The number of aromatic nitrogens is 2. The second-order valence-corrected chi connectivity index (χ2v) is 7.05. The van der Waals surface area contributed by atoms with Crippen molar-refractivity contribution >= 4 is 10.9 Å². The highest BCUT2D eigenvalue weighted by atomic mass is 16.5. The topological polar surface area (TPSA) is 47.5 Å². The van der Waals surface area contributed by atoms with Crippen LogP contribution in [0.1, 0.15) is 30.0 Å². The van der Waals surface area contributed by atoms with Crippen molar-refractivity contribution in [2.75, 3.05) is 27.3 Å². The van der Waals surface area contributed by atoms with Crippen LogP contribution >= 0.6 is 0 Å². The van der Waals surface area contributed by atoms with Crippen molar-refractivity contribution in [3.8, 4) is 11.5 Å². The summed E-state index contributed by atoms with van der Waals surface area (Å²) in [6.07, 6.45) is 6.04. The van der Waals surface area contributed by atoms with Gasteiger partial charge in [-0.25, -0.2) is 0 Å². The van der Waals surface area contributed by atoms with E-state index in [9.17, 15) is 0 Å². The van der Waals surface area contributed by atoms with Gasteiger partial charge in [0.25, 0.3) is 0 Å². The van der Waals surface area contributed by atoms with Crippen molar-refractivity contribution in [1.29, 1.82) is 0 Å². The van der Waals surface area contributed by atoms with Crippen LogP contribution in [-0.4, -0.2) is 42.2 Å². The molecule has 140 valence electrons. The summed E-state index contributed by atoms with van der Waals surface area (Å²) in [5, 5.41) is 1.10. The Morgan fingerprint density at radius 2 is 1.81 bits per heavy atom. The molecular weight excluding hydrogens is 338 g/mol. The molecule has 4 rings (SSSR count). The number of rotatable bonds is 5. The number of methoxy groups -OCH3 is 2. The Hall–Kier alpha value is -2.66. The fraction of sp³-hybridized carbons (Fsp3) is 0.364. The number of fused-ring (bicyclic) bond motifs is 1. The lowest BCUT2D eigenvalue weighted by molar-refractivity contribution is 0.203. The number of hydrogen-bond acceptors (Lipinski definition) is 5. The standard InChI is InChI=1S/C22H25N3O2/c1-26-21-6-5-16(12-22(21)27-2)15-25-10-7-17(8-11-25)19-13-20-18(14-24-19)4-3-9-23-20/h3-6,9,12-14,17H,7-8,10-11,15H2,1-2H3. The summed E-state index contributed by atoms with van der Waals surface area (Å²) in [7, 11) is 3.34. The molecule has 0 N–H and O–H groups in total. The number of likely N-dealkylation sites (tertiary alicyclic amines) is 1. The number of hydrogen-bond donors (Lipinski definition) is 0. The Bertz CT molecular complexity index is 920. The first kappa shape index (κ1) is 17.7. The van der Waals surface area contributed by atoms with E-state index < -0.39 is 0 Å². The average Bonchev–Trinajstić information content (AvgIpc) is 2.74. The molecule has 0 unspecified atom stereocenters. The van der Waals surface area contributed by atoms with E-state index in [1.54, 1.807) is 14.2 Å². The van der Waals surface area contributed by atoms with Crippen molar-refractivity contribution in [1.82, 2.24) is 14.9 Å². The molecule has 27 heavy (non-hydrogen) atoms. The summed E-state index contributed by atoms with van der Waals surface area (Å²) >= 11 is 0. The van der Waals surface area contributed by atoms with E-state index in [1.165, 1.54) is 11.3 Å². The maximum atomic E-state index is 5.42. The van der Waals surface area contributed by atoms with Gasteiger partial charge in [-0.05, 0) is 61.8 Å². The molecule has 0 amide bonds. The predicted octanol–water partition coefficient (Wildman–Crippen LogP) is 4.03. The van der Waals surface area contributed by atoms with Gasteiger partial charge in [-0.1, -0.05) is 6.07 Å². The van der Waals surface area contributed by atoms with Crippen molar-refractivity contribution in [2.45, 2.75) is 25.3 Å². The largest absolute Gasteiger partial charge is 0.493 e. The SMILES string of the molecule is COc1ccc(CN2CCC(c3cc4ncccc4cn3)CC2)cc1OC. The summed E-state index contributed by atoms with van der Waals surface area (Å²) in [5.41, 5.74) is 3.46. The first-order valence-corrected chi connectivity index (χ1v) is 9.41. The van der Waals surface area contributed by atoms with E-state index in [0.717, 1.165) is 54.9 Å². The van der Waals surface area contributed by atoms with Crippen LogP contribution in [0.2, 0.25) is 0 Å². The minimum atomic E-state index is 0.512. The van der Waals surface area contributed by atoms with Crippen LogP contribution in [0, 0.1) is 0 Å². The molecule has 1 aromatic carbocycles. The fourth-order valence-electron chi connectivity index (χ4n) is 3.83. The number of pyridine rings is 2. The minimum absolute atomic E-state index is 0.512. The Kier molecular flexibility index (Phi) is 5.21. The quantitative estimate of drug-likeness (QED) is 0.685. The highest BCUT2D eigenvalue weighted by molar-refractivity contribution is 5.77. The van der Waals surface area contributed by atoms with Gasteiger partial charge in [-0.2, -0.15) is 0 Å². The summed E-state index contributed by atoms with van der Waals surface area (Å²) in [6, 6.07) is 12.3. The average molecular weight is 363 g/mol. The van der Waals surface area contributed by atoms with Crippen LogP contribution < -0.4 is 9.47 Å². The van der Waals surface area contributed by atoms with Crippen molar-refractivity contribution in [2.24, 2.45) is 0 Å². The number of piperidine rings is 1. The van der Waals surface area contributed by atoms with Gasteiger partial charge in [-0.3, -0.25) is 14.9 Å². The van der Waals surface area contributed by atoms with E-state index >= 15 is 0 Å². The molecule has 1 saturated heterocycles. The fourth-order valence-corrected chi connectivity index (χ4v) is 3.83. The van der Waals surface area contributed by atoms with Crippen LogP contribution in [-0.2, 0) is 6.54 Å². The van der Waals surface area contributed by atoms with E-state index in [0.29, 0.717) is 5.92 Å². The normalized spacial score (nSPS) is 15.8. The Morgan fingerprint density at radius 3 is 2.59 bits per heavy atom. The summed E-state index contributed by atoms with van der Waals surface area (Å²) in [6.45, 7) is 3.07. The zero-order valence-corrected chi connectivity index (χ0v) is 15.9. The summed E-state index contributed by atoms with van der Waals surface area (Å²) in [5.74, 6) is 2.08. The van der Waals surface area contributed by atoms with Crippen molar-refractivity contribution in [3.05, 3.63) is 60.0 Å². The predicted molar refractivity (Wildman–Crippen MR) is 106 cm³/mol. The lowest BCUT2D eigenvalue weighted by atomic mass is 9.92. The van der Waals surface area contributed by atoms with Gasteiger partial charge < -0.3 is 9.47 Å². The Labute approximate surface area is 160 Å². The Morgan fingerprint density at radius 1 is 1.00 bits per heavy atom. The number of ether oxygens (including phenoxy) is 2. The molecular formula is C22H25N3O2. The van der Waals surface area contributed by atoms with Crippen molar-refractivity contribution in [3.63, 3.8) is 0 Å². The molecule has 0 bridgehead atoms. The molecule has 5 heteroatoms. The lowest BCUT2D eigenvalue weighted by Crippen LogP contribution is -2.32. The summed E-state index contributed by atoms with van der Waals surface area (Å²) in [4.78, 5) is 11.7. The van der Waals surface area contributed by atoms with Gasteiger partial charge in [0.15, 0.2) is 11.5 Å². The molecule has 2 aromatic heterocycles. The maximum absolute atomic E-state index is 5.42. The van der Waals surface area contributed by atoms with Crippen molar-refractivity contribution < 1.29 is 9.47 Å². The zero-order chi connectivity index (χ0) is 18.6. The molecule has 1 fully saturated rings. The highest BCUT2D eigenvalue weighted by Gasteiger charge is 2.22. The molecule has 3 heterocycles. The van der Waals surface area contributed by atoms with Crippen LogP contribution in [0.15, 0.2) is 48.8 Å². The minimum Gasteiger partial charge on any atom is -0.493 e. The van der Waals surface area contributed by atoms with Gasteiger partial charge in [0.05, 0.1) is 19.7 Å². The van der Waals surface area contributed by atoms with E-state index in [4.69, 9.17) is 14.5 Å². The zero-order valence-electron chi connectivity index (χ0n) is 15.9. The molecule has 0 aliphatic carbocycles. The number of benzene rings is 1. The van der Waals surface area contributed by atoms with E-state index in [1.807, 2.05) is 24.5 Å². The molecule has 0 atom stereocenters.